The maximum Gasteiger partial charge on any atom is 0.222 e. The first-order valence-corrected chi connectivity index (χ1v) is 7.75. The second-order valence-corrected chi connectivity index (χ2v) is 5.66. The quantitative estimate of drug-likeness (QED) is 0.742. The Morgan fingerprint density at radius 3 is 2.22 bits per heavy atom. The molecule has 1 atom stereocenters. The SMILES string of the molecule is c1ccc(C2(c3ccccc3)OCC(Cn3ccnc3)O2)cc1. The largest absolute Gasteiger partial charge is 0.339 e. The van der Waals surface area contributed by atoms with Crippen LogP contribution < -0.4 is 0 Å². The van der Waals surface area contributed by atoms with Gasteiger partial charge in [-0.1, -0.05) is 60.7 Å². The van der Waals surface area contributed by atoms with E-state index < -0.39 is 5.79 Å². The molecule has 1 aromatic heterocycles. The molecule has 1 aliphatic rings. The lowest BCUT2D eigenvalue weighted by molar-refractivity contribution is -0.144. The minimum atomic E-state index is -0.840. The van der Waals surface area contributed by atoms with E-state index in [0.29, 0.717) is 6.61 Å². The molecule has 2 heterocycles. The highest BCUT2D eigenvalue weighted by Gasteiger charge is 2.44. The third kappa shape index (κ3) is 2.67. The fourth-order valence-electron chi connectivity index (χ4n) is 3.02. The molecule has 0 radical (unpaired) electrons. The summed E-state index contributed by atoms with van der Waals surface area (Å²) in [6.07, 6.45) is 5.49. The van der Waals surface area contributed by atoms with E-state index in [9.17, 15) is 0 Å². The van der Waals surface area contributed by atoms with Gasteiger partial charge >= 0.3 is 0 Å². The molecule has 0 spiro atoms. The number of hydrogen-bond donors (Lipinski definition) is 0. The van der Waals surface area contributed by atoms with Crippen molar-refractivity contribution in [1.29, 1.82) is 0 Å². The Kier molecular flexibility index (Phi) is 3.69. The average molecular weight is 306 g/mol. The fraction of sp³-hybridized carbons (Fsp3) is 0.211. The summed E-state index contributed by atoms with van der Waals surface area (Å²) in [5.74, 6) is -0.840. The highest BCUT2D eigenvalue weighted by molar-refractivity contribution is 5.34. The highest BCUT2D eigenvalue weighted by Crippen LogP contribution is 2.40. The topological polar surface area (TPSA) is 36.3 Å². The summed E-state index contributed by atoms with van der Waals surface area (Å²) in [6, 6.07) is 20.2. The van der Waals surface area contributed by atoms with Crippen molar-refractivity contribution in [2.75, 3.05) is 6.61 Å². The molecule has 1 unspecified atom stereocenters. The van der Waals surface area contributed by atoms with Crippen LogP contribution in [0.15, 0.2) is 79.4 Å². The Labute approximate surface area is 135 Å². The lowest BCUT2D eigenvalue weighted by atomic mass is 9.97. The van der Waals surface area contributed by atoms with E-state index >= 15 is 0 Å². The van der Waals surface area contributed by atoms with Crippen LogP contribution in [0.25, 0.3) is 0 Å². The zero-order chi connectivity index (χ0) is 15.5. The molecule has 4 nitrogen and oxygen atoms in total. The van der Waals surface area contributed by atoms with Gasteiger partial charge in [0, 0.05) is 23.5 Å². The lowest BCUT2D eigenvalue weighted by Crippen LogP contribution is -2.30. The monoisotopic (exact) mass is 306 g/mol. The van der Waals surface area contributed by atoms with Crippen molar-refractivity contribution in [2.45, 2.75) is 18.4 Å². The summed E-state index contributed by atoms with van der Waals surface area (Å²) in [5.41, 5.74) is 2.03. The second kappa shape index (κ2) is 5.99. The summed E-state index contributed by atoms with van der Waals surface area (Å²) in [4.78, 5) is 4.08. The molecule has 23 heavy (non-hydrogen) atoms. The third-order valence-electron chi connectivity index (χ3n) is 4.09. The molecule has 0 aliphatic carbocycles. The van der Waals surface area contributed by atoms with Crippen LogP contribution in [0.3, 0.4) is 0 Å². The van der Waals surface area contributed by atoms with Gasteiger partial charge in [0.25, 0.3) is 0 Å². The summed E-state index contributed by atoms with van der Waals surface area (Å²) in [6.45, 7) is 1.27. The minimum Gasteiger partial charge on any atom is -0.339 e. The molecule has 0 N–H and O–H groups in total. The van der Waals surface area contributed by atoms with Gasteiger partial charge in [0.05, 0.1) is 19.5 Å². The first kappa shape index (κ1) is 14.2. The minimum absolute atomic E-state index is 0.0235. The molecule has 2 aromatic carbocycles. The Morgan fingerprint density at radius 1 is 1.00 bits per heavy atom. The van der Waals surface area contributed by atoms with Crippen LogP contribution in [0.2, 0.25) is 0 Å². The Balaban J connectivity index is 1.68. The van der Waals surface area contributed by atoms with E-state index in [2.05, 4.69) is 4.98 Å². The van der Waals surface area contributed by atoms with Crippen molar-refractivity contribution in [3.05, 3.63) is 90.5 Å². The maximum absolute atomic E-state index is 6.42. The van der Waals surface area contributed by atoms with Gasteiger partial charge in [-0.2, -0.15) is 0 Å². The predicted molar refractivity (Wildman–Crippen MR) is 86.7 cm³/mol. The van der Waals surface area contributed by atoms with Gasteiger partial charge in [-0.05, 0) is 0 Å². The molecule has 4 rings (SSSR count). The van der Waals surface area contributed by atoms with Crippen LogP contribution in [-0.4, -0.2) is 22.3 Å². The lowest BCUT2D eigenvalue weighted by Gasteiger charge is -2.29. The highest BCUT2D eigenvalue weighted by atomic mass is 16.7. The van der Waals surface area contributed by atoms with Crippen molar-refractivity contribution in [3.8, 4) is 0 Å². The van der Waals surface area contributed by atoms with Gasteiger partial charge in [-0.3, -0.25) is 0 Å². The molecule has 1 saturated heterocycles. The third-order valence-corrected chi connectivity index (χ3v) is 4.09. The molecule has 0 amide bonds. The Morgan fingerprint density at radius 2 is 1.65 bits per heavy atom. The normalized spacial score (nSPS) is 19.7. The number of hydrogen-bond acceptors (Lipinski definition) is 3. The molecular formula is C19H18N2O2. The van der Waals surface area contributed by atoms with Crippen molar-refractivity contribution >= 4 is 0 Å². The van der Waals surface area contributed by atoms with Crippen LogP contribution in [-0.2, 0) is 21.8 Å². The molecule has 1 aliphatic heterocycles. The Hall–Kier alpha value is -2.43. The van der Waals surface area contributed by atoms with Crippen LogP contribution in [0, 0.1) is 0 Å². The van der Waals surface area contributed by atoms with Crippen LogP contribution >= 0.6 is 0 Å². The zero-order valence-electron chi connectivity index (χ0n) is 12.7. The van der Waals surface area contributed by atoms with Gasteiger partial charge in [-0.25, -0.2) is 4.98 Å². The number of benzene rings is 2. The first-order chi connectivity index (χ1) is 11.4. The number of ether oxygens (including phenoxy) is 2. The smallest absolute Gasteiger partial charge is 0.222 e. The molecular weight excluding hydrogens is 288 g/mol. The van der Waals surface area contributed by atoms with Crippen molar-refractivity contribution in [3.63, 3.8) is 0 Å². The number of nitrogens with zero attached hydrogens (tertiary/aromatic N) is 2. The number of imidazole rings is 1. The van der Waals surface area contributed by atoms with Crippen LogP contribution in [0.5, 0.6) is 0 Å². The van der Waals surface area contributed by atoms with E-state index in [0.717, 1.165) is 17.7 Å². The molecule has 0 saturated carbocycles. The summed E-state index contributed by atoms with van der Waals surface area (Å²) >= 11 is 0. The van der Waals surface area contributed by atoms with Crippen LogP contribution in [0.1, 0.15) is 11.1 Å². The van der Waals surface area contributed by atoms with Gasteiger partial charge in [0.1, 0.15) is 6.10 Å². The molecule has 1 fully saturated rings. The molecule has 116 valence electrons. The van der Waals surface area contributed by atoms with E-state index in [-0.39, 0.29) is 6.10 Å². The van der Waals surface area contributed by atoms with E-state index in [1.165, 1.54) is 0 Å². The second-order valence-electron chi connectivity index (χ2n) is 5.66. The summed E-state index contributed by atoms with van der Waals surface area (Å²) in [5, 5.41) is 0. The number of aromatic nitrogens is 2. The van der Waals surface area contributed by atoms with Crippen molar-refractivity contribution in [1.82, 2.24) is 9.55 Å². The number of rotatable bonds is 4. The van der Waals surface area contributed by atoms with E-state index in [1.807, 2.05) is 71.4 Å². The summed E-state index contributed by atoms with van der Waals surface area (Å²) in [7, 11) is 0. The van der Waals surface area contributed by atoms with Gasteiger partial charge in [-0.15, -0.1) is 0 Å². The fourth-order valence-corrected chi connectivity index (χ4v) is 3.02. The Bertz CT molecular complexity index is 702. The molecule has 3 aromatic rings. The van der Waals surface area contributed by atoms with Crippen molar-refractivity contribution in [2.24, 2.45) is 0 Å². The van der Waals surface area contributed by atoms with Gasteiger partial charge in [0.2, 0.25) is 5.79 Å². The van der Waals surface area contributed by atoms with Gasteiger partial charge < -0.3 is 14.0 Å². The maximum atomic E-state index is 6.42. The summed E-state index contributed by atoms with van der Waals surface area (Å²) < 4.78 is 14.7. The van der Waals surface area contributed by atoms with Gasteiger partial charge in [0.15, 0.2) is 0 Å². The zero-order valence-corrected chi connectivity index (χ0v) is 12.7. The average Bonchev–Trinajstić information content (AvgIpc) is 3.28. The molecule has 4 heteroatoms. The predicted octanol–water partition coefficient (Wildman–Crippen LogP) is 3.20. The standard InChI is InChI=1S/C19H18N2O2/c1-3-7-16(8-4-1)19(17-9-5-2-6-10-17)22-14-18(23-19)13-21-12-11-20-15-21/h1-12,15,18H,13-14H2. The van der Waals surface area contributed by atoms with E-state index in [1.54, 1.807) is 12.5 Å². The van der Waals surface area contributed by atoms with Crippen molar-refractivity contribution < 1.29 is 9.47 Å². The molecule has 0 bridgehead atoms. The van der Waals surface area contributed by atoms with E-state index in [4.69, 9.17) is 9.47 Å². The van der Waals surface area contributed by atoms with Crippen LogP contribution in [0.4, 0.5) is 0 Å². The first-order valence-electron chi connectivity index (χ1n) is 7.75.